The van der Waals surface area contributed by atoms with Crippen LogP contribution in [0.4, 0.5) is 10.1 Å². The minimum Gasteiger partial charge on any atom is -0.266 e. The number of amides is 1. The van der Waals surface area contributed by atoms with Crippen molar-refractivity contribution in [3.05, 3.63) is 73.9 Å². The van der Waals surface area contributed by atoms with Gasteiger partial charge in [-0.2, -0.15) is 5.10 Å². The number of halogens is 2. The van der Waals surface area contributed by atoms with Gasteiger partial charge in [0.25, 0.3) is 11.6 Å². The highest BCUT2D eigenvalue weighted by molar-refractivity contribution is 7.20. The van der Waals surface area contributed by atoms with Gasteiger partial charge in [0.2, 0.25) is 0 Å². The molecule has 2 aromatic carbocycles. The third-order valence-corrected chi connectivity index (χ3v) is 4.74. The Labute approximate surface area is 149 Å². The molecule has 0 fully saturated rings. The summed E-state index contributed by atoms with van der Waals surface area (Å²) in [7, 11) is 0. The van der Waals surface area contributed by atoms with E-state index in [1.165, 1.54) is 47.7 Å². The molecule has 0 unspecified atom stereocenters. The summed E-state index contributed by atoms with van der Waals surface area (Å²) in [5.74, 6) is -1.06. The summed E-state index contributed by atoms with van der Waals surface area (Å²) in [6.45, 7) is 0. The number of nitro benzene ring substituents is 1. The summed E-state index contributed by atoms with van der Waals surface area (Å²) in [5.41, 5.74) is 2.30. The zero-order chi connectivity index (χ0) is 18.0. The summed E-state index contributed by atoms with van der Waals surface area (Å²) in [4.78, 5) is 22.7. The van der Waals surface area contributed by atoms with Gasteiger partial charge >= 0.3 is 0 Å². The number of fused-ring (bicyclic) bond motifs is 1. The summed E-state index contributed by atoms with van der Waals surface area (Å²) in [5, 5.41) is 15.3. The Bertz CT molecular complexity index is 999. The maximum Gasteiger partial charge on any atom is 0.281 e. The number of nitro groups is 1. The molecule has 0 saturated heterocycles. The molecule has 0 aliphatic rings. The molecule has 1 amide bonds. The van der Waals surface area contributed by atoms with Crippen molar-refractivity contribution in [2.45, 2.75) is 0 Å². The molecule has 0 bridgehead atoms. The molecule has 3 rings (SSSR count). The van der Waals surface area contributed by atoms with Gasteiger partial charge in [0.15, 0.2) is 0 Å². The van der Waals surface area contributed by atoms with Crippen LogP contribution in [-0.2, 0) is 0 Å². The Hall–Kier alpha value is -2.84. The van der Waals surface area contributed by atoms with Gasteiger partial charge in [-0.1, -0.05) is 17.7 Å². The quantitative estimate of drug-likeness (QED) is 0.416. The van der Waals surface area contributed by atoms with Crippen LogP contribution in [0.1, 0.15) is 15.2 Å². The lowest BCUT2D eigenvalue weighted by atomic mass is 10.2. The van der Waals surface area contributed by atoms with E-state index < -0.39 is 16.6 Å². The van der Waals surface area contributed by atoms with Gasteiger partial charge < -0.3 is 0 Å². The van der Waals surface area contributed by atoms with Gasteiger partial charge in [-0.05, 0) is 24.3 Å². The zero-order valence-corrected chi connectivity index (χ0v) is 14.0. The number of hydrazone groups is 1. The number of nitrogens with one attached hydrogen (secondary N) is 1. The van der Waals surface area contributed by atoms with Crippen LogP contribution in [0, 0.1) is 15.9 Å². The summed E-state index contributed by atoms with van der Waals surface area (Å²) in [6.07, 6.45) is 1.12. The van der Waals surface area contributed by atoms with Gasteiger partial charge in [-0.15, -0.1) is 11.3 Å². The van der Waals surface area contributed by atoms with E-state index >= 15 is 0 Å². The summed E-state index contributed by atoms with van der Waals surface area (Å²) in [6, 6.07) is 10.1. The van der Waals surface area contributed by atoms with Crippen molar-refractivity contribution in [3.8, 4) is 0 Å². The number of carbonyl (C=O) groups excluding carboxylic acids is 1. The van der Waals surface area contributed by atoms with E-state index in [-0.39, 0.29) is 16.3 Å². The molecule has 3 aromatic rings. The topological polar surface area (TPSA) is 84.6 Å². The standard InChI is InChI=1S/C16H9ClFN3O3S/c17-12-2-1-3-13(18)11(12)8-19-20-16(22)15-7-9-6-10(21(23)24)4-5-14(9)25-15/h1-8H,(H,20,22)/b19-8-. The lowest BCUT2D eigenvalue weighted by molar-refractivity contribution is -0.384. The number of nitrogens with zero attached hydrogens (tertiary/aromatic N) is 2. The molecule has 9 heteroatoms. The molecule has 0 aliphatic heterocycles. The molecular formula is C16H9ClFN3O3S. The fraction of sp³-hybridized carbons (Fsp3) is 0. The first-order chi connectivity index (χ1) is 12.0. The molecule has 6 nitrogen and oxygen atoms in total. The lowest BCUT2D eigenvalue weighted by Crippen LogP contribution is -2.16. The first kappa shape index (κ1) is 17.0. The van der Waals surface area contributed by atoms with Crippen molar-refractivity contribution < 1.29 is 14.1 Å². The van der Waals surface area contributed by atoms with Crippen LogP contribution in [0.5, 0.6) is 0 Å². The molecular weight excluding hydrogens is 369 g/mol. The van der Waals surface area contributed by atoms with Gasteiger partial charge in [0, 0.05) is 27.8 Å². The largest absolute Gasteiger partial charge is 0.281 e. The van der Waals surface area contributed by atoms with E-state index in [1.54, 1.807) is 6.07 Å². The van der Waals surface area contributed by atoms with Crippen LogP contribution in [-0.4, -0.2) is 17.0 Å². The van der Waals surface area contributed by atoms with E-state index in [9.17, 15) is 19.3 Å². The summed E-state index contributed by atoms with van der Waals surface area (Å²) >= 11 is 7.03. The Balaban J connectivity index is 1.78. The molecule has 0 atom stereocenters. The zero-order valence-electron chi connectivity index (χ0n) is 12.4. The average Bonchev–Trinajstić information content (AvgIpc) is 3.00. The SMILES string of the molecule is O=C(N/N=C\c1c(F)cccc1Cl)c1cc2cc([N+](=O)[O-])ccc2s1. The molecule has 1 aromatic heterocycles. The van der Waals surface area contributed by atoms with Crippen molar-refractivity contribution >= 4 is 50.8 Å². The Morgan fingerprint density at radius 3 is 2.84 bits per heavy atom. The van der Waals surface area contributed by atoms with Gasteiger partial charge in [-0.25, -0.2) is 9.82 Å². The first-order valence-electron chi connectivity index (χ1n) is 6.91. The lowest BCUT2D eigenvalue weighted by Gasteiger charge is -1.99. The predicted octanol–water partition coefficient (Wildman–Crippen LogP) is 4.37. The normalized spacial score (nSPS) is 11.1. The van der Waals surface area contributed by atoms with E-state index in [1.807, 2.05) is 0 Å². The Kier molecular flexibility index (Phi) is 4.73. The highest BCUT2D eigenvalue weighted by Crippen LogP contribution is 2.28. The fourth-order valence-electron chi connectivity index (χ4n) is 2.10. The van der Waals surface area contributed by atoms with Crippen LogP contribution in [0.3, 0.4) is 0 Å². The minimum atomic E-state index is -0.556. The Morgan fingerprint density at radius 1 is 1.32 bits per heavy atom. The number of carbonyl (C=O) groups is 1. The molecule has 0 aliphatic carbocycles. The molecule has 1 N–H and O–H groups in total. The Morgan fingerprint density at radius 2 is 2.12 bits per heavy atom. The second-order valence-electron chi connectivity index (χ2n) is 4.92. The number of hydrogen-bond donors (Lipinski definition) is 1. The molecule has 0 spiro atoms. The highest BCUT2D eigenvalue weighted by Gasteiger charge is 2.13. The monoisotopic (exact) mass is 377 g/mol. The number of thiophene rings is 1. The predicted molar refractivity (Wildman–Crippen MR) is 94.9 cm³/mol. The van der Waals surface area contributed by atoms with Crippen LogP contribution in [0.25, 0.3) is 10.1 Å². The molecule has 25 heavy (non-hydrogen) atoms. The number of non-ortho nitro benzene ring substituents is 1. The van der Waals surface area contributed by atoms with Crippen molar-refractivity contribution in [1.29, 1.82) is 0 Å². The maximum atomic E-state index is 13.6. The second kappa shape index (κ2) is 6.96. The van der Waals surface area contributed by atoms with Crippen molar-refractivity contribution in [2.24, 2.45) is 5.10 Å². The number of benzene rings is 2. The third kappa shape index (κ3) is 3.65. The van der Waals surface area contributed by atoms with Crippen molar-refractivity contribution in [1.82, 2.24) is 5.43 Å². The number of hydrogen-bond acceptors (Lipinski definition) is 5. The molecule has 1 heterocycles. The van der Waals surface area contributed by atoms with E-state index in [0.717, 1.165) is 10.9 Å². The van der Waals surface area contributed by atoms with E-state index in [0.29, 0.717) is 10.3 Å². The fourth-order valence-corrected chi connectivity index (χ4v) is 3.25. The minimum absolute atomic E-state index is 0.0514. The van der Waals surface area contributed by atoms with Crippen molar-refractivity contribution in [2.75, 3.05) is 0 Å². The summed E-state index contributed by atoms with van der Waals surface area (Å²) < 4.78 is 14.3. The molecule has 0 saturated carbocycles. The van der Waals surface area contributed by atoms with E-state index in [4.69, 9.17) is 11.6 Å². The maximum absolute atomic E-state index is 13.6. The van der Waals surface area contributed by atoms with Gasteiger partial charge in [0.1, 0.15) is 5.82 Å². The van der Waals surface area contributed by atoms with E-state index in [2.05, 4.69) is 10.5 Å². The molecule has 0 radical (unpaired) electrons. The van der Waals surface area contributed by atoms with Crippen LogP contribution < -0.4 is 5.43 Å². The highest BCUT2D eigenvalue weighted by atomic mass is 35.5. The average molecular weight is 378 g/mol. The van der Waals surface area contributed by atoms with Gasteiger partial charge in [-0.3, -0.25) is 14.9 Å². The second-order valence-corrected chi connectivity index (χ2v) is 6.42. The first-order valence-corrected chi connectivity index (χ1v) is 8.10. The van der Waals surface area contributed by atoms with Crippen molar-refractivity contribution in [3.63, 3.8) is 0 Å². The van der Waals surface area contributed by atoms with Crippen LogP contribution in [0.2, 0.25) is 5.02 Å². The smallest absolute Gasteiger partial charge is 0.266 e. The van der Waals surface area contributed by atoms with Gasteiger partial charge in [0.05, 0.1) is 21.0 Å². The third-order valence-electron chi connectivity index (χ3n) is 3.29. The van der Waals surface area contributed by atoms with Crippen LogP contribution >= 0.6 is 22.9 Å². The van der Waals surface area contributed by atoms with Crippen LogP contribution in [0.15, 0.2) is 47.6 Å². The number of rotatable bonds is 4. The molecule has 126 valence electrons.